The minimum absolute atomic E-state index is 0.252. The first kappa shape index (κ1) is 21.8. The van der Waals surface area contributed by atoms with Crippen LogP contribution in [0, 0.1) is 5.92 Å². The molecule has 0 aliphatic carbocycles. The highest BCUT2D eigenvalue weighted by molar-refractivity contribution is 7.18. The van der Waals surface area contributed by atoms with E-state index in [0.717, 1.165) is 49.4 Å². The Balaban J connectivity index is 1.36. The quantitative estimate of drug-likeness (QED) is 0.564. The minimum atomic E-state index is -4.24. The first-order chi connectivity index (χ1) is 15.2. The van der Waals surface area contributed by atoms with Gasteiger partial charge >= 0.3 is 6.18 Å². The third-order valence-electron chi connectivity index (χ3n) is 6.58. The van der Waals surface area contributed by atoms with Gasteiger partial charge in [0.05, 0.1) is 27.5 Å². The molecule has 3 aromatic rings. The lowest BCUT2D eigenvalue weighted by atomic mass is 9.56. The molecule has 0 saturated carbocycles. The van der Waals surface area contributed by atoms with Gasteiger partial charge in [-0.15, -0.1) is 11.3 Å². The van der Waals surface area contributed by atoms with E-state index in [2.05, 4.69) is 19.8 Å². The third kappa shape index (κ3) is 4.03. The van der Waals surface area contributed by atoms with Crippen molar-refractivity contribution < 1.29 is 13.2 Å². The van der Waals surface area contributed by atoms with Crippen LogP contribution in [0.3, 0.4) is 0 Å². The molecule has 0 bridgehead atoms. The lowest BCUT2D eigenvalue weighted by molar-refractivity contribution is -0.126. The van der Waals surface area contributed by atoms with Crippen molar-refractivity contribution in [1.82, 2.24) is 14.9 Å². The third-order valence-corrected chi connectivity index (χ3v) is 7.62. The zero-order valence-electron chi connectivity index (χ0n) is 17.4. The van der Waals surface area contributed by atoms with Crippen molar-refractivity contribution in [2.75, 3.05) is 24.5 Å². The Morgan fingerprint density at radius 2 is 1.84 bits per heavy atom. The molecule has 2 aromatic heterocycles. The predicted molar refractivity (Wildman–Crippen MR) is 122 cm³/mol. The van der Waals surface area contributed by atoms with Crippen molar-refractivity contribution >= 4 is 43.1 Å². The molecular weight excluding hydrogens is 431 g/mol. The Bertz CT molecular complexity index is 1110. The fourth-order valence-corrected chi connectivity index (χ4v) is 6.16. The zero-order valence-corrected chi connectivity index (χ0v) is 18.2. The van der Waals surface area contributed by atoms with Gasteiger partial charge in [0.1, 0.15) is 17.0 Å². The smallest absolute Gasteiger partial charge is 0.356 e. The van der Waals surface area contributed by atoms with E-state index in [0.29, 0.717) is 22.0 Å². The van der Waals surface area contributed by atoms with E-state index in [-0.39, 0.29) is 10.9 Å². The second kappa shape index (κ2) is 8.06. The van der Waals surface area contributed by atoms with Gasteiger partial charge in [0, 0.05) is 24.0 Å². The number of benzene rings is 1. The Morgan fingerprint density at radius 3 is 2.59 bits per heavy atom. The second-order valence-electron chi connectivity index (χ2n) is 8.66. The number of alkyl halides is 3. The van der Waals surface area contributed by atoms with Gasteiger partial charge in [-0.05, 0) is 42.3 Å². The number of halogens is 3. The van der Waals surface area contributed by atoms with Crippen LogP contribution in [0.1, 0.15) is 23.3 Å². The highest BCUT2D eigenvalue weighted by atomic mass is 32.1. The van der Waals surface area contributed by atoms with Gasteiger partial charge in [0.25, 0.3) is 0 Å². The van der Waals surface area contributed by atoms with Gasteiger partial charge in [-0.2, -0.15) is 13.2 Å². The van der Waals surface area contributed by atoms with Crippen molar-refractivity contribution in [3.63, 3.8) is 0 Å². The van der Waals surface area contributed by atoms with Crippen molar-refractivity contribution in [2.45, 2.75) is 36.8 Å². The molecule has 4 nitrogen and oxygen atoms in total. The van der Waals surface area contributed by atoms with Crippen molar-refractivity contribution in [2.24, 2.45) is 5.92 Å². The lowest BCUT2D eigenvalue weighted by Crippen LogP contribution is -2.54. The molecule has 2 saturated heterocycles. The number of hydrogen-bond donors (Lipinski definition) is 0. The summed E-state index contributed by atoms with van der Waals surface area (Å²) < 4.78 is 38.6. The number of hydrogen-bond acceptors (Lipinski definition) is 5. The van der Waals surface area contributed by atoms with Crippen molar-refractivity contribution in [1.29, 1.82) is 0 Å². The maximum Gasteiger partial charge on any atom is 0.393 e. The van der Waals surface area contributed by atoms with Gasteiger partial charge in [-0.25, -0.2) is 9.97 Å². The standard InChI is InChI=1S/C22H21B2F3N4S/c23-22(24,15-4-2-1-3-5-15)31-9-6-14-12-30(8-7-18(14)31)19-17-10-16(11-21(25,26)27)32-20(17)29-13-28-19/h1-5,10,13-14,18H,6-9,11-12H2/t14-,18+/m1/s1. The van der Waals surface area contributed by atoms with Crippen LogP contribution in [-0.4, -0.2) is 62.4 Å². The van der Waals surface area contributed by atoms with Crippen LogP contribution in [0.2, 0.25) is 0 Å². The zero-order chi connectivity index (χ0) is 22.5. The van der Waals surface area contributed by atoms with E-state index in [9.17, 15) is 13.2 Å². The van der Waals surface area contributed by atoms with Gasteiger partial charge in [0.2, 0.25) is 0 Å². The number of rotatable bonds is 4. The molecule has 162 valence electrons. The van der Waals surface area contributed by atoms with E-state index in [1.165, 1.54) is 6.33 Å². The number of thiophene rings is 1. The van der Waals surface area contributed by atoms with E-state index in [1.807, 2.05) is 30.3 Å². The first-order valence-corrected chi connectivity index (χ1v) is 11.5. The largest absolute Gasteiger partial charge is 0.393 e. The summed E-state index contributed by atoms with van der Waals surface area (Å²) in [5.41, 5.74) is 0.885. The van der Waals surface area contributed by atoms with Crippen LogP contribution < -0.4 is 4.90 Å². The monoisotopic (exact) mass is 452 g/mol. The first-order valence-electron chi connectivity index (χ1n) is 10.7. The highest BCUT2D eigenvalue weighted by Crippen LogP contribution is 2.40. The summed E-state index contributed by atoms with van der Waals surface area (Å²) in [7, 11) is 13.2. The molecule has 2 aliphatic heterocycles. The summed E-state index contributed by atoms with van der Waals surface area (Å²) >= 11 is 1.08. The molecule has 2 fully saturated rings. The maximum absolute atomic E-state index is 12.9. The van der Waals surface area contributed by atoms with Crippen LogP contribution in [0.4, 0.5) is 19.0 Å². The molecule has 2 aliphatic rings. The normalized spacial score (nSPS) is 22.4. The fourth-order valence-electron chi connectivity index (χ4n) is 5.14. The van der Waals surface area contributed by atoms with Gasteiger partial charge in [-0.1, -0.05) is 30.3 Å². The fraction of sp³-hybridized carbons (Fsp3) is 0.455. The summed E-state index contributed by atoms with van der Waals surface area (Å²) in [4.78, 5) is 13.9. The van der Waals surface area contributed by atoms with Crippen LogP contribution in [0.5, 0.6) is 0 Å². The highest BCUT2D eigenvalue weighted by Gasteiger charge is 2.44. The summed E-state index contributed by atoms with van der Waals surface area (Å²) in [5.74, 6) is 1.07. The average molecular weight is 452 g/mol. The molecule has 0 spiro atoms. The topological polar surface area (TPSA) is 32.3 Å². The summed E-state index contributed by atoms with van der Waals surface area (Å²) in [6, 6.07) is 11.6. The van der Waals surface area contributed by atoms with Crippen LogP contribution in [-0.2, 0) is 11.8 Å². The number of nitrogens with zero attached hydrogens (tertiary/aromatic N) is 4. The summed E-state index contributed by atoms with van der Waals surface area (Å²) in [5, 5.41) is -0.341. The Labute approximate surface area is 191 Å². The molecule has 2 atom stereocenters. The van der Waals surface area contributed by atoms with E-state index in [4.69, 9.17) is 15.7 Å². The Kier molecular flexibility index (Phi) is 5.48. The number of piperidine rings is 1. The van der Waals surface area contributed by atoms with E-state index in [1.54, 1.807) is 6.07 Å². The van der Waals surface area contributed by atoms with E-state index >= 15 is 0 Å². The molecule has 0 amide bonds. The van der Waals surface area contributed by atoms with Crippen LogP contribution in [0.25, 0.3) is 10.2 Å². The number of aromatic nitrogens is 2. The predicted octanol–water partition coefficient (Wildman–Crippen LogP) is 3.84. The van der Waals surface area contributed by atoms with Gasteiger partial charge in [-0.3, -0.25) is 0 Å². The molecule has 32 heavy (non-hydrogen) atoms. The number of likely N-dealkylation sites (tertiary alicyclic amines) is 1. The minimum Gasteiger partial charge on any atom is -0.356 e. The number of anilines is 1. The molecule has 1 aromatic carbocycles. The van der Waals surface area contributed by atoms with Crippen molar-refractivity contribution in [3.05, 3.63) is 53.2 Å². The molecule has 0 N–H and O–H groups in total. The SMILES string of the molecule is [B]C([B])(c1ccccc1)N1CC[C@@H]2CN(c3ncnc4sc(CC(F)(F)F)cc34)CC[C@@H]21. The molecular formula is C22H21B2F3N4S. The van der Waals surface area contributed by atoms with Crippen molar-refractivity contribution in [3.8, 4) is 0 Å². The number of fused-ring (bicyclic) bond motifs is 2. The summed E-state index contributed by atoms with van der Waals surface area (Å²) in [6.45, 7) is 2.31. The molecule has 10 heteroatoms. The molecule has 4 radical (unpaired) electrons. The Morgan fingerprint density at radius 1 is 1.06 bits per heavy atom. The van der Waals surface area contributed by atoms with Gasteiger partial charge in [0.15, 0.2) is 0 Å². The van der Waals surface area contributed by atoms with E-state index < -0.39 is 17.9 Å². The van der Waals surface area contributed by atoms with Crippen LogP contribution >= 0.6 is 11.3 Å². The lowest BCUT2D eigenvalue weighted by Gasteiger charge is -2.46. The molecule has 0 unspecified atom stereocenters. The van der Waals surface area contributed by atoms with Crippen LogP contribution in [0.15, 0.2) is 42.7 Å². The van der Waals surface area contributed by atoms with Gasteiger partial charge < -0.3 is 9.80 Å². The maximum atomic E-state index is 12.9. The molecule has 5 rings (SSSR count). The second-order valence-corrected chi connectivity index (χ2v) is 9.77. The molecule has 4 heterocycles. The summed E-state index contributed by atoms with van der Waals surface area (Å²) in [6.07, 6.45) is -1.92. The Hall–Kier alpha value is -2.06. The average Bonchev–Trinajstić information content (AvgIpc) is 3.36.